The summed E-state index contributed by atoms with van der Waals surface area (Å²) in [6.07, 6.45) is 1.58. The van der Waals surface area contributed by atoms with Gasteiger partial charge in [0.1, 0.15) is 5.82 Å². The lowest BCUT2D eigenvalue weighted by Gasteiger charge is -2.39. The van der Waals surface area contributed by atoms with Crippen molar-refractivity contribution in [1.29, 1.82) is 0 Å². The van der Waals surface area contributed by atoms with Crippen molar-refractivity contribution in [1.82, 2.24) is 0 Å². The highest BCUT2D eigenvalue weighted by atomic mass is 19.1. The summed E-state index contributed by atoms with van der Waals surface area (Å²) in [7, 11) is 0. The lowest BCUT2D eigenvalue weighted by atomic mass is 9.77. The molecule has 1 N–H and O–H groups in total. The fourth-order valence-electron chi connectivity index (χ4n) is 3.29. The Labute approximate surface area is 139 Å². The van der Waals surface area contributed by atoms with Crippen molar-refractivity contribution in [2.24, 2.45) is 0 Å². The molecule has 1 aromatic rings. The Morgan fingerprint density at radius 3 is 2.75 bits per heavy atom. The van der Waals surface area contributed by atoms with Crippen LogP contribution in [-0.4, -0.2) is 29.3 Å². The van der Waals surface area contributed by atoms with Crippen LogP contribution in [0.2, 0.25) is 0 Å². The molecule has 2 atom stereocenters. The third kappa shape index (κ3) is 2.94. The van der Waals surface area contributed by atoms with E-state index in [9.17, 15) is 19.1 Å². The van der Waals surface area contributed by atoms with Crippen LogP contribution < -0.4 is 0 Å². The zero-order valence-corrected chi connectivity index (χ0v) is 13.4. The minimum Gasteiger partial charge on any atom is -0.461 e. The molecule has 128 valence electrons. The zero-order chi connectivity index (χ0) is 17.3. The van der Waals surface area contributed by atoms with E-state index in [-0.39, 0.29) is 30.4 Å². The van der Waals surface area contributed by atoms with Crippen LogP contribution >= 0.6 is 0 Å². The summed E-state index contributed by atoms with van der Waals surface area (Å²) in [4.78, 5) is 24.4. The average Bonchev–Trinajstić information content (AvgIpc) is 2.56. The molecular weight excluding hydrogens is 315 g/mol. The highest BCUT2D eigenvalue weighted by Gasteiger charge is 2.50. The van der Waals surface area contributed by atoms with Crippen LogP contribution in [0.25, 0.3) is 0 Å². The molecule has 1 aromatic carbocycles. The molecule has 1 aliphatic carbocycles. The van der Waals surface area contributed by atoms with Gasteiger partial charge in [-0.2, -0.15) is 0 Å². The number of halogens is 1. The maximum atomic E-state index is 13.2. The number of rotatable bonds is 3. The first kappa shape index (κ1) is 16.6. The minimum absolute atomic E-state index is 0.0531. The fraction of sp³-hybridized carbons (Fsp3) is 0.444. The third-order valence-corrected chi connectivity index (χ3v) is 4.43. The van der Waals surface area contributed by atoms with Gasteiger partial charge in [-0.15, -0.1) is 0 Å². The summed E-state index contributed by atoms with van der Waals surface area (Å²) in [6.45, 7) is 1.71. The molecule has 6 heteroatoms. The Morgan fingerprint density at radius 2 is 2.08 bits per heavy atom. The largest absolute Gasteiger partial charge is 0.461 e. The van der Waals surface area contributed by atoms with Gasteiger partial charge < -0.3 is 14.6 Å². The summed E-state index contributed by atoms with van der Waals surface area (Å²) >= 11 is 0. The SMILES string of the molecule is CCOC(=O)[C@@]1(O)C[C@@H](c2ccc(F)cc2)C2=C(O1)C(=O)CCC2. The van der Waals surface area contributed by atoms with Crippen molar-refractivity contribution in [2.45, 2.75) is 44.3 Å². The molecular formula is C18H19FO5. The van der Waals surface area contributed by atoms with Crippen LogP contribution in [0.4, 0.5) is 4.39 Å². The van der Waals surface area contributed by atoms with Crippen LogP contribution in [-0.2, 0) is 19.1 Å². The average molecular weight is 334 g/mol. The molecule has 1 heterocycles. The number of hydrogen-bond donors (Lipinski definition) is 1. The molecule has 0 saturated heterocycles. The van der Waals surface area contributed by atoms with Crippen LogP contribution in [0.5, 0.6) is 0 Å². The van der Waals surface area contributed by atoms with Crippen LogP contribution in [0.1, 0.15) is 44.1 Å². The number of esters is 1. The number of ketones is 1. The Morgan fingerprint density at radius 1 is 1.38 bits per heavy atom. The van der Waals surface area contributed by atoms with E-state index in [4.69, 9.17) is 9.47 Å². The van der Waals surface area contributed by atoms with Crippen LogP contribution in [0.3, 0.4) is 0 Å². The predicted molar refractivity (Wildman–Crippen MR) is 82.3 cm³/mol. The van der Waals surface area contributed by atoms with Gasteiger partial charge in [-0.3, -0.25) is 4.79 Å². The molecule has 0 bridgehead atoms. The second kappa shape index (κ2) is 6.36. The molecule has 3 rings (SSSR count). The van der Waals surface area contributed by atoms with E-state index in [2.05, 4.69) is 0 Å². The predicted octanol–water partition coefficient (Wildman–Crippen LogP) is 2.59. The zero-order valence-electron chi connectivity index (χ0n) is 13.4. The third-order valence-electron chi connectivity index (χ3n) is 4.43. The van der Waals surface area contributed by atoms with E-state index < -0.39 is 17.7 Å². The molecule has 24 heavy (non-hydrogen) atoms. The van der Waals surface area contributed by atoms with E-state index in [0.29, 0.717) is 19.3 Å². The Balaban J connectivity index is 2.04. The summed E-state index contributed by atoms with van der Waals surface area (Å²) in [6, 6.07) is 5.83. The monoisotopic (exact) mass is 334 g/mol. The lowest BCUT2D eigenvalue weighted by Crippen LogP contribution is -2.48. The van der Waals surface area contributed by atoms with Crippen molar-refractivity contribution in [3.8, 4) is 0 Å². The van der Waals surface area contributed by atoms with E-state index >= 15 is 0 Å². The first-order chi connectivity index (χ1) is 11.4. The molecule has 0 amide bonds. The highest BCUT2D eigenvalue weighted by Crippen LogP contribution is 2.45. The Bertz CT molecular complexity index is 694. The fourth-order valence-corrected chi connectivity index (χ4v) is 3.29. The normalized spacial score (nSPS) is 26.6. The first-order valence-corrected chi connectivity index (χ1v) is 8.05. The van der Waals surface area contributed by atoms with Gasteiger partial charge in [0.15, 0.2) is 11.5 Å². The number of Topliss-reactive ketones (excluding diaryl/α,β-unsaturated/α-hetero) is 1. The number of ether oxygens (including phenoxy) is 2. The van der Waals surface area contributed by atoms with Crippen LogP contribution in [0.15, 0.2) is 35.6 Å². The van der Waals surface area contributed by atoms with E-state index in [1.54, 1.807) is 19.1 Å². The number of carbonyl (C=O) groups excluding carboxylic acids is 2. The summed E-state index contributed by atoms with van der Waals surface area (Å²) in [5.41, 5.74) is 1.48. The van der Waals surface area contributed by atoms with Gasteiger partial charge in [0.25, 0.3) is 0 Å². The van der Waals surface area contributed by atoms with E-state index in [0.717, 1.165) is 11.1 Å². The van der Waals surface area contributed by atoms with Crippen molar-refractivity contribution < 1.29 is 28.6 Å². The molecule has 0 unspecified atom stereocenters. The minimum atomic E-state index is -2.21. The molecule has 0 radical (unpaired) electrons. The van der Waals surface area contributed by atoms with Crippen molar-refractivity contribution in [2.75, 3.05) is 6.61 Å². The first-order valence-electron chi connectivity index (χ1n) is 8.05. The second-order valence-corrected chi connectivity index (χ2v) is 6.05. The van der Waals surface area contributed by atoms with Crippen molar-refractivity contribution in [3.63, 3.8) is 0 Å². The van der Waals surface area contributed by atoms with Crippen molar-refractivity contribution >= 4 is 11.8 Å². The summed E-state index contributed by atoms with van der Waals surface area (Å²) in [5.74, 6) is -4.07. The number of hydrogen-bond acceptors (Lipinski definition) is 5. The van der Waals surface area contributed by atoms with Crippen LogP contribution in [0, 0.1) is 5.82 Å². The molecule has 0 aromatic heterocycles. The van der Waals surface area contributed by atoms with Gasteiger partial charge in [0, 0.05) is 18.8 Å². The molecule has 0 spiro atoms. The van der Waals surface area contributed by atoms with Gasteiger partial charge in [0.2, 0.25) is 0 Å². The Kier molecular flexibility index (Phi) is 4.41. The van der Waals surface area contributed by atoms with Crippen molar-refractivity contribution in [3.05, 3.63) is 47.0 Å². The molecule has 0 fully saturated rings. The lowest BCUT2D eigenvalue weighted by molar-refractivity contribution is -0.223. The number of aliphatic hydroxyl groups is 1. The number of benzene rings is 1. The molecule has 5 nitrogen and oxygen atoms in total. The molecule has 2 aliphatic rings. The highest BCUT2D eigenvalue weighted by molar-refractivity contribution is 5.96. The Hall–Kier alpha value is -2.21. The standard InChI is InChI=1S/C18H19FO5/c1-2-23-17(21)18(22)10-14(11-6-8-12(19)9-7-11)13-4-3-5-15(20)16(13)24-18/h6-9,14,22H,2-5,10H2,1H3/t14-,18+/m0/s1. The van der Waals surface area contributed by atoms with Gasteiger partial charge in [-0.05, 0) is 43.0 Å². The maximum absolute atomic E-state index is 13.2. The molecule has 1 aliphatic heterocycles. The van der Waals surface area contributed by atoms with E-state index in [1.807, 2.05) is 0 Å². The second-order valence-electron chi connectivity index (χ2n) is 6.05. The maximum Gasteiger partial charge on any atom is 0.379 e. The number of carbonyl (C=O) groups is 2. The molecule has 0 saturated carbocycles. The summed E-state index contributed by atoms with van der Waals surface area (Å²) in [5, 5.41) is 10.7. The van der Waals surface area contributed by atoms with E-state index in [1.165, 1.54) is 12.1 Å². The summed E-state index contributed by atoms with van der Waals surface area (Å²) < 4.78 is 23.5. The van der Waals surface area contributed by atoms with Gasteiger partial charge in [0.05, 0.1) is 6.61 Å². The van der Waals surface area contributed by atoms with Gasteiger partial charge in [-0.25, -0.2) is 9.18 Å². The van der Waals surface area contributed by atoms with Gasteiger partial charge in [-0.1, -0.05) is 12.1 Å². The number of allylic oxidation sites excluding steroid dienone is 2. The smallest absolute Gasteiger partial charge is 0.379 e. The van der Waals surface area contributed by atoms with Gasteiger partial charge >= 0.3 is 11.8 Å². The quantitative estimate of drug-likeness (QED) is 0.860. The topological polar surface area (TPSA) is 72.8 Å².